The SMILES string of the molecule is CCCn1ccn(CC(=O)c2ccc(C)cc2C)c1=O. The van der Waals surface area contributed by atoms with Gasteiger partial charge in [-0.15, -0.1) is 0 Å². The monoisotopic (exact) mass is 272 g/mol. The molecule has 0 aliphatic carbocycles. The van der Waals surface area contributed by atoms with Gasteiger partial charge in [0.15, 0.2) is 5.78 Å². The summed E-state index contributed by atoms with van der Waals surface area (Å²) >= 11 is 0. The first-order valence-electron chi connectivity index (χ1n) is 6.89. The molecule has 0 spiro atoms. The number of hydrogen-bond acceptors (Lipinski definition) is 2. The molecular formula is C16H20N2O2. The van der Waals surface area contributed by atoms with E-state index in [0.29, 0.717) is 12.1 Å². The summed E-state index contributed by atoms with van der Waals surface area (Å²) < 4.78 is 3.10. The van der Waals surface area contributed by atoms with Crippen molar-refractivity contribution in [3.63, 3.8) is 0 Å². The summed E-state index contributed by atoms with van der Waals surface area (Å²) in [5, 5.41) is 0. The van der Waals surface area contributed by atoms with E-state index in [0.717, 1.165) is 17.5 Å². The van der Waals surface area contributed by atoms with Crippen LogP contribution in [0.25, 0.3) is 0 Å². The molecule has 0 radical (unpaired) electrons. The molecule has 0 unspecified atom stereocenters. The number of carbonyl (C=O) groups is 1. The quantitative estimate of drug-likeness (QED) is 0.785. The third-order valence-corrected chi connectivity index (χ3v) is 3.38. The Morgan fingerprint density at radius 3 is 2.50 bits per heavy atom. The maximum Gasteiger partial charge on any atom is 0.328 e. The lowest BCUT2D eigenvalue weighted by Crippen LogP contribution is -2.27. The minimum atomic E-state index is -0.120. The zero-order valence-electron chi connectivity index (χ0n) is 12.2. The van der Waals surface area contributed by atoms with Crippen molar-refractivity contribution in [2.45, 2.75) is 40.3 Å². The van der Waals surface area contributed by atoms with E-state index in [1.165, 1.54) is 4.57 Å². The molecule has 0 fully saturated rings. The third-order valence-electron chi connectivity index (χ3n) is 3.38. The third kappa shape index (κ3) is 2.90. The van der Waals surface area contributed by atoms with Crippen LogP contribution in [0.5, 0.6) is 0 Å². The predicted molar refractivity (Wildman–Crippen MR) is 79.2 cm³/mol. The summed E-state index contributed by atoms with van der Waals surface area (Å²) in [6, 6.07) is 5.74. The number of benzene rings is 1. The number of ketones is 1. The molecule has 2 aromatic rings. The van der Waals surface area contributed by atoms with Gasteiger partial charge >= 0.3 is 5.69 Å². The van der Waals surface area contributed by atoms with Crippen LogP contribution in [0, 0.1) is 13.8 Å². The molecule has 20 heavy (non-hydrogen) atoms. The molecule has 106 valence electrons. The molecule has 0 saturated heterocycles. The topological polar surface area (TPSA) is 44.0 Å². The molecule has 1 aromatic heterocycles. The summed E-state index contributed by atoms with van der Waals surface area (Å²) in [5.41, 5.74) is 2.65. The highest BCUT2D eigenvalue weighted by molar-refractivity contribution is 5.97. The van der Waals surface area contributed by atoms with Crippen molar-refractivity contribution in [2.75, 3.05) is 0 Å². The van der Waals surface area contributed by atoms with Gasteiger partial charge in [0.25, 0.3) is 0 Å². The van der Waals surface area contributed by atoms with E-state index in [1.807, 2.05) is 39.0 Å². The number of Topliss-reactive ketones (excluding diaryl/α,β-unsaturated/α-hetero) is 1. The molecule has 0 bridgehead atoms. The van der Waals surface area contributed by atoms with Crippen LogP contribution in [-0.4, -0.2) is 14.9 Å². The zero-order valence-corrected chi connectivity index (χ0v) is 12.2. The minimum Gasteiger partial charge on any atom is -0.299 e. The normalized spacial score (nSPS) is 10.8. The van der Waals surface area contributed by atoms with E-state index in [1.54, 1.807) is 17.0 Å². The Balaban J connectivity index is 2.21. The van der Waals surface area contributed by atoms with E-state index in [2.05, 4.69) is 0 Å². The molecule has 2 rings (SSSR count). The van der Waals surface area contributed by atoms with Gasteiger partial charge in [0.1, 0.15) is 0 Å². The van der Waals surface area contributed by atoms with E-state index < -0.39 is 0 Å². The molecule has 0 amide bonds. The van der Waals surface area contributed by atoms with Gasteiger partial charge in [0, 0.05) is 24.5 Å². The van der Waals surface area contributed by atoms with Crippen LogP contribution >= 0.6 is 0 Å². The summed E-state index contributed by atoms with van der Waals surface area (Å²) in [6.45, 7) is 6.72. The fourth-order valence-corrected chi connectivity index (χ4v) is 2.35. The number of imidazole rings is 1. The predicted octanol–water partition coefficient (Wildman–Crippen LogP) is 2.56. The Morgan fingerprint density at radius 2 is 1.85 bits per heavy atom. The first-order valence-corrected chi connectivity index (χ1v) is 6.89. The summed E-state index contributed by atoms with van der Waals surface area (Å²) in [5.74, 6) is -0.0288. The van der Waals surface area contributed by atoms with Crippen LogP contribution in [0.2, 0.25) is 0 Å². The van der Waals surface area contributed by atoms with Crippen molar-refractivity contribution in [1.29, 1.82) is 0 Å². The van der Waals surface area contributed by atoms with Crippen LogP contribution in [0.4, 0.5) is 0 Å². The van der Waals surface area contributed by atoms with E-state index in [4.69, 9.17) is 0 Å². The van der Waals surface area contributed by atoms with E-state index in [-0.39, 0.29) is 18.0 Å². The Bertz CT molecular complexity index is 680. The van der Waals surface area contributed by atoms with Gasteiger partial charge in [-0.2, -0.15) is 0 Å². The molecule has 4 nitrogen and oxygen atoms in total. The van der Waals surface area contributed by atoms with Gasteiger partial charge in [-0.1, -0.05) is 30.7 Å². The maximum atomic E-state index is 12.3. The number of rotatable bonds is 5. The number of hydrogen-bond donors (Lipinski definition) is 0. The molecule has 0 saturated carbocycles. The summed E-state index contributed by atoms with van der Waals surface area (Å²) in [7, 11) is 0. The average molecular weight is 272 g/mol. The van der Waals surface area contributed by atoms with Gasteiger partial charge in [0.2, 0.25) is 0 Å². The fraction of sp³-hybridized carbons (Fsp3) is 0.375. The summed E-state index contributed by atoms with van der Waals surface area (Å²) in [6.07, 6.45) is 4.31. The van der Waals surface area contributed by atoms with Gasteiger partial charge < -0.3 is 0 Å². The van der Waals surface area contributed by atoms with Gasteiger partial charge in [-0.05, 0) is 25.8 Å². The van der Waals surface area contributed by atoms with Crippen molar-refractivity contribution in [3.05, 3.63) is 57.8 Å². The van der Waals surface area contributed by atoms with Crippen molar-refractivity contribution in [1.82, 2.24) is 9.13 Å². The smallest absolute Gasteiger partial charge is 0.299 e. The van der Waals surface area contributed by atoms with Gasteiger partial charge in [-0.3, -0.25) is 13.9 Å². The van der Waals surface area contributed by atoms with Crippen molar-refractivity contribution in [2.24, 2.45) is 0 Å². The highest BCUT2D eigenvalue weighted by Gasteiger charge is 2.12. The zero-order chi connectivity index (χ0) is 14.7. The minimum absolute atomic E-state index is 0.0288. The average Bonchev–Trinajstić information content (AvgIpc) is 2.72. The Kier molecular flexibility index (Phi) is 4.23. The van der Waals surface area contributed by atoms with Crippen LogP contribution in [-0.2, 0) is 13.1 Å². The molecule has 4 heteroatoms. The largest absolute Gasteiger partial charge is 0.328 e. The van der Waals surface area contributed by atoms with Crippen LogP contribution in [0.15, 0.2) is 35.4 Å². The van der Waals surface area contributed by atoms with Crippen molar-refractivity contribution in [3.8, 4) is 0 Å². The van der Waals surface area contributed by atoms with E-state index in [9.17, 15) is 9.59 Å². The molecule has 0 atom stereocenters. The Labute approximate surface area is 118 Å². The fourth-order valence-electron chi connectivity index (χ4n) is 2.35. The van der Waals surface area contributed by atoms with Crippen LogP contribution < -0.4 is 5.69 Å². The first kappa shape index (κ1) is 14.3. The molecular weight excluding hydrogens is 252 g/mol. The number of nitrogens with zero attached hydrogens (tertiary/aromatic N) is 2. The second-order valence-electron chi connectivity index (χ2n) is 5.14. The van der Waals surface area contributed by atoms with Gasteiger partial charge in [0.05, 0.1) is 6.54 Å². The lowest BCUT2D eigenvalue weighted by molar-refractivity contribution is 0.0970. The Hall–Kier alpha value is -2.10. The molecule has 0 aliphatic heterocycles. The number of carbonyl (C=O) groups excluding carboxylic acids is 1. The second-order valence-corrected chi connectivity index (χ2v) is 5.14. The van der Waals surface area contributed by atoms with Crippen LogP contribution in [0.3, 0.4) is 0 Å². The molecule has 1 heterocycles. The van der Waals surface area contributed by atoms with Crippen LogP contribution in [0.1, 0.15) is 34.8 Å². The summed E-state index contributed by atoms with van der Waals surface area (Å²) in [4.78, 5) is 24.3. The highest BCUT2D eigenvalue weighted by Crippen LogP contribution is 2.11. The second kappa shape index (κ2) is 5.90. The molecule has 1 aromatic carbocycles. The molecule has 0 N–H and O–H groups in total. The lowest BCUT2D eigenvalue weighted by Gasteiger charge is -2.06. The first-order chi connectivity index (χ1) is 9.52. The van der Waals surface area contributed by atoms with Crippen molar-refractivity contribution >= 4 is 5.78 Å². The molecule has 0 aliphatic rings. The highest BCUT2D eigenvalue weighted by atomic mass is 16.2. The maximum absolute atomic E-state index is 12.3. The van der Waals surface area contributed by atoms with Crippen molar-refractivity contribution < 1.29 is 4.79 Å². The Morgan fingerprint density at radius 1 is 1.15 bits per heavy atom. The van der Waals surface area contributed by atoms with E-state index >= 15 is 0 Å². The van der Waals surface area contributed by atoms with Gasteiger partial charge in [-0.25, -0.2) is 4.79 Å². The number of aryl methyl sites for hydroxylation is 3. The lowest BCUT2D eigenvalue weighted by atomic mass is 10.0. The standard InChI is InChI=1S/C16H20N2O2/c1-4-7-17-8-9-18(16(17)20)11-15(19)14-6-5-12(2)10-13(14)3/h5-6,8-10H,4,7,11H2,1-3H3. The number of aromatic nitrogens is 2.